The van der Waals surface area contributed by atoms with Gasteiger partial charge in [-0.1, -0.05) is 42.5 Å². The Balaban J connectivity index is 1.96. The number of ketones is 1. The van der Waals surface area contributed by atoms with Crippen LogP contribution in [0, 0.1) is 10.1 Å². The summed E-state index contributed by atoms with van der Waals surface area (Å²) in [5.41, 5.74) is 0.454. The molecule has 8 heteroatoms. The summed E-state index contributed by atoms with van der Waals surface area (Å²) in [6, 6.07) is 18.5. The summed E-state index contributed by atoms with van der Waals surface area (Å²) in [4.78, 5) is 37.5. The number of amides is 1. The van der Waals surface area contributed by atoms with Gasteiger partial charge in [-0.2, -0.15) is 0 Å². The number of nitrogens with zero attached hydrogens (tertiary/aromatic N) is 2. The molecule has 8 nitrogen and oxygen atoms in total. The van der Waals surface area contributed by atoms with Crippen molar-refractivity contribution in [2.75, 3.05) is 4.90 Å². The molecule has 3 aromatic carbocycles. The van der Waals surface area contributed by atoms with E-state index in [1.807, 2.05) is 0 Å². The highest BCUT2D eigenvalue weighted by Crippen LogP contribution is 2.44. The van der Waals surface area contributed by atoms with E-state index in [-0.39, 0.29) is 28.5 Å². The zero-order chi connectivity index (χ0) is 22.1. The first-order valence-corrected chi connectivity index (χ1v) is 9.29. The molecule has 31 heavy (non-hydrogen) atoms. The Morgan fingerprint density at radius 3 is 2.13 bits per heavy atom. The number of benzene rings is 3. The number of nitro benzene ring substituents is 1. The number of carbonyl (C=O) groups is 2. The van der Waals surface area contributed by atoms with Gasteiger partial charge in [-0.05, 0) is 29.8 Å². The molecular formula is C23H16N2O6. The lowest BCUT2D eigenvalue weighted by Gasteiger charge is -2.25. The van der Waals surface area contributed by atoms with Gasteiger partial charge in [-0.3, -0.25) is 24.6 Å². The van der Waals surface area contributed by atoms with Crippen molar-refractivity contribution in [3.63, 3.8) is 0 Å². The number of non-ortho nitro benzene ring substituents is 1. The fourth-order valence-electron chi connectivity index (χ4n) is 3.59. The maximum Gasteiger partial charge on any atom is 0.300 e. The Morgan fingerprint density at radius 1 is 0.903 bits per heavy atom. The molecule has 1 aliphatic heterocycles. The molecule has 0 aliphatic carbocycles. The van der Waals surface area contributed by atoms with Gasteiger partial charge >= 0.3 is 0 Å². The number of aliphatic hydroxyl groups excluding tert-OH is 1. The maximum absolute atomic E-state index is 13.0. The van der Waals surface area contributed by atoms with Gasteiger partial charge in [0.1, 0.15) is 11.5 Å². The summed E-state index contributed by atoms with van der Waals surface area (Å²) in [7, 11) is 0. The second kappa shape index (κ2) is 7.75. The number of aromatic hydroxyl groups is 1. The number of phenols is 1. The van der Waals surface area contributed by atoms with Crippen molar-refractivity contribution in [1.29, 1.82) is 0 Å². The maximum atomic E-state index is 13.0. The molecule has 0 aromatic heterocycles. The minimum Gasteiger partial charge on any atom is -0.507 e. The zero-order valence-electron chi connectivity index (χ0n) is 16.0. The minimum atomic E-state index is -1.09. The van der Waals surface area contributed by atoms with Crippen molar-refractivity contribution < 1.29 is 24.7 Å². The van der Waals surface area contributed by atoms with Gasteiger partial charge < -0.3 is 10.2 Å². The van der Waals surface area contributed by atoms with Crippen molar-refractivity contribution in [3.8, 4) is 5.75 Å². The number of hydrogen-bond donors (Lipinski definition) is 2. The lowest BCUT2D eigenvalue weighted by molar-refractivity contribution is -0.384. The second-order valence-corrected chi connectivity index (χ2v) is 6.87. The Hall–Kier alpha value is -4.46. The van der Waals surface area contributed by atoms with Gasteiger partial charge in [0.15, 0.2) is 0 Å². The Morgan fingerprint density at radius 2 is 1.52 bits per heavy atom. The smallest absolute Gasteiger partial charge is 0.300 e. The van der Waals surface area contributed by atoms with Crippen molar-refractivity contribution in [3.05, 3.63) is 106 Å². The molecule has 4 rings (SSSR count). The number of rotatable bonds is 4. The first-order chi connectivity index (χ1) is 14.9. The molecule has 1 amide bonds. The number of phenolic OH excluding ortho intramolecular Hbond substituents is 1. The van der Waals surface area contributed by atoms with E-state index in [1.165, 1.54) is 36.4 Å². The molecule has 0 bridgehead atoms. The normalized spacial score (nSPS) is 17.7. The van der Waals surface area contributed by atoms with Crippen molar-refractivity contribution >= 4 is 28.8 Å². The largest absolute Gasteiger partial charge is 0.507 e. The number of Topliss-reactive ketones (excluding diaryl/α,β-unsaturated/α-hetero) is 1. The van der Waals surface area contributed by atoms with E-state index < -0.39 is 22.7 Å². The molecule has 3 aromatic rings. The topological polar surface area (TPSA) is 121 Å². The third-order valence-corrected chi connectivity index (χ3v) is 5.05. The lowest BCUT2D eigenvalue weighted by atomic mass is 9.95. The highest BCUT2D eigenvalue weighted by molar-refractivity contribution is 6.51. The average Bonchev–Trinajstić information content (AvgIpc) is 3.05. The summed E-state index contributed by atoms with van der Waals surface area (Å²) in [5, 5.41) is 32.3. The van der Waals surface area contributed by atoms with Crippen LogP contribution in [0.15, 0.2) is 84.4 Å². The third kappa shape index (κ3) is 3.40. The van der Waals surface area contributed by atoms with Crippen molar-refractivity contribution in [2.24, 2.45) is 0 Å². The highest BCUT2D eigenvalue weighted by atomic mass is 16.6. The Labute approximate surface area is 176 Å². The van der Waals surface area contributed by atoms with Crippen LogP contribution < -0.4 is 4.90 Å². The van der Waals surface area contributed by atoms with Crippen LogP contribution in [0.2, 0.25) is 0 Å². The van der Waals surface area contributed by atoms with E-state index >= 15 is 0 Å². The molecule has 154 valence electrons. The number of carbonyl (C=O) groups excluding carboxylic acids is 2. The Bertz CT molecular complexity index is 1220. The SMILES string of the molecule is O=C1C(=O)N(c2ccccc2O)[C@H](c2ccc([N+](=O)[O-])cc2)/C1=C(/O)c1ccccc1. The number of nitro groups is 1. The van der Waals surface area contributed by atoms with E-state index in [2.05, 4.69) is 0 Å². The van der Waals surface area contributed by atoms with Gasteiger partial charge in [0.25, 0.3) is 17.4 Å². The van der Waals surface area contributed by atoms with Gasteiger partial charge in [-0.25, -0.2) is 0 Å². The van der Waals surface area contributed by atoms with E-state index in [1.54, 1.807) is 42.5 Å². The molecule has 1 fully saturated rings. The second-order valence-electron chi connectivity index (χ2n) is 6.87. The fourth-order valence-corrected chi connectivity index (χ4v) is 3.59. The standard InChI is InChI=1S/C23H16N2O6/c26-18-9-5-4-8-17(18)24-20(14-10-12-16(13-11-14)25(30)31)19(22(28)23(24)29)21(27)15-6-2-1-3-7-15/h1-13,20,26-27H/b21-19-/t20-/m1/s1. The minimum absolute atomic E-state index is 0.0834. The van der Waals surface area contributed by atoms with Crippen LogP contribution in [0.3, 0.4) is 0 Å². The molecule has 1 heterocycles. The first-order valence-electron chi connectivity index (χ1n) is 9.29. The number of para-hydroxylation sites is 2. The molecule has 0 spiro atoms. The monoisotopic (exact) mass is 416 g/mol. The first kappa shape index (κ1) is 19.8. The fraction of sp³-hybridized carbons (Fsp3) is 0.0435. The molecule has 1 atom stereocenters. The third-order valence-electron chi connectivity index (χ3n) is 5.05. The van der Waals surface area contributed by atoms with Crippen molar-refractivity contribution in [1.82, 2.24) is 0 Å². The summed E-state index contributed by atoms with van der Waals surface area (Å²) in [6.07, 6.45) is 0. The van der Waals surface area contributed by atoms with Crippen LogP contribution in [-0.4, -0.2) is 26.8 Å². The van der Waals surface area contributed by atoms with E-state index in [4.69, 9.17) is 0 Å². The average molecular weight is 416 g/mol. The van der Waals surface area contributed by atoms with E-state index in [0.717, 1.165) is 4.90 Å². The molecule has 1 saturated heterocycles. The number of hydrogen-bond acceptors (Lipinski definition) is 6. The molecule has 0 saturated carbocycles. The molecular weight excluding hydrogens is 400 g/mol. The molecule has 0 unspecified atom stereocenters. The predicted molar refractivity (Wildman–Crippen MR) is 112 cm³/mol. The van der Waals surface area contributed by atoms with E-state index in [9.17, 15) is 29.9 Å². The Kier molecular flexibility index (Phi) is 4.96. The predicted octanol–water partition coefficient (Wildman–Crippen LogP) is 3.93. The van der Waals surface area contributed by atoms with Crippen molar-refractivity contribution in [2.45, 2.75) is 6.04 Å². The summed E-state index contributed by atoms with van der Waals surface area (Å²) < 4.78 is 0. The molecule has 2 N–H and O–H groups in total. The quantitative estimate of drug-likeness (QED) is 0.219. The van der Waals surface area contributed by atoms with Crippen LogP contribution in [0.25, 0.3) is 5.76 Å². The van der Waals surface area contributed by atoms with Crippen LogP contribution in [0.1, 0.15) is 17.2 Å². The van der Waals surface area contributed by atoms with Crippen LogP contribution >= 0.6 is 0 Å². The van der Waals surface area contributed by atoms with Crippen LogP contribution in [0.5, 0.6) is 5.75 Å². The summed E-state index contributed by atoms with van der Waals surface area (Å²) in [6.45, 7) is 0. The summed E-state index contributed by atoms with van der Waals surface area (Å²) >= 11 is 0. The van der Waals surface area contributed by atoms with Gasteiger partial charge in [0.2, 0.25) is 0 Å². The zero-order valence-corrected chi connectivity index (χ0v) is 16.0. The van der Waals surface area contributed by atoms with Gasteiger partial charge in [0, 0.05) is 17.7 Å². The lowest BCUT2D eigenvalue weighted by Crippen LogP contribution is -2.29. The summed E-state index contributed by atoms with van der Waals surface area (Å²) in [5.74, 6) is -2.45. The van der Waals surface area contributed by atoms with E-state index in [0.29, 0.717) is 11.1 Å². The van der Waals surface area contributed by atoms with Crippen LogP contribution in [-0.2, 0) is 9.59 Å². The molecule has 1 aliphatic rings. The van der Waals surface area contributed by atoms with Gasteiger partial charge in [0.05, 0.1) is 22.2 Å². The number of aliphatic hydroxyl groups is 1. The van der Waals surface area contributed by atoms with Gasteiger partial charge in [-0.15, -0.1) is 0 Å². The molecule has 0 radical (unpaired) electrons. The highest BCUT2D eigenvalue weighted by Gasteiger charge is 2.47. The number of anilines is 1. The van der Waals surface area contributed by atoms with Crippen LogP contribution in [0.4, 0.5) is 11.4 Å².